The number of ether oxygens (including phenoxy) is 1. The lowest BCUT2D eigenvalue weighted by molar-refractivity contribution is -0.130. The maximum atomic E-state index is 12.7. The van der Waals surface area contributed by atoms with E-state index in [9.17, 15) is 4.79 Å². The summed E-state index contributed by atoms with van der Waals surface area (Å²) in [6.45, 7) is 3.64. The summed E-state index contributed by atoms with van der Waals surface area (Å²) in [7, 11) is 1.66. The largest absolute Gasteiger partial charge is 0.497 e. The molecule has 1 atom stereocenters. The molecule has 3 aromatic rings. The van der Waals surface area contributed by atoms with Crippen LogP contribution in [-0.4, -0.2) is 41.2 Å². The van der Waals surface area contributed by atoms with Gasteiger partial charge in [0.25, 0.3) is 0 Å². The highest BCUT2D eigenvalue weighted by molar-refractivity contribution is 5.77. The van der Waals surface area contributed by atoms with Crippen LogP contribution in [0.1, 0.15) is 35.6 Å². The zero-order valence-corrected chi connectivity index (χ0v) is 17.0. The number of hydrogen-bond acceptors (Lipinski definition) is 3. The Morgan fingerprint density at radius 1 is 1.21 bits per heavy atom. The number of aromatic nitrogens is 2. The van der Waals surface area contributed by atoms with Gasteiger partial charge < -0.3 is 9.64 Å². The second kappa shape index (κ2) is 8.52. The third kappa shape index (κ3) is 4.50. The molecule has 2 aromatic carbocycles. The normalized spacial score (nSPS) is 16.2. The number of aryl methyl sites for hydroxylation is 2. The third-order valence-corrected chi connectivity index (χ3v) is 5.69. The van der Waals surface area contributed by atoms with Crippen molar-refractivity contribution >= 4 is 5.91 Å². The number of aromatic amines is 1. The van der Waals surface area contributed by atoms with Crippen molar-refractivity contribution in [3.63, 3.8) is 0 Å². The van der Waals surface area contributed by atoms with Crippen LogP contribution in [0.2, 0.25) is 0 Å². The molecule has 0 aliphatic carbocycles. The van der Waals surface area contributed by atoms with Gasteiger partial charge in [0, 0.05) is 36.7 Å². The second-order valence-corrected chi connectivity index (χ2v) is 7.75. The maximum absolute atomic E-state index is 12.7. The van der Waals surface area contributed by atoms with Crippen LogP contribution >= 0.6 is 0 Å². The molecule has 1 amide bonds. The number of amides is 1. The van der Waals surface area contributed by atoms with E-state index in [2.05, 4.69) is 47.5 Å². The third-order valence-electron chi connectivity index (χ3n) is 5.69. The Morgan fingerprint density at radius 2 is 2.03 bits per heavy atom. The molecule has 150 valence electrons. The van der Waals surface area contributed by atoms with Gasteiger partial charge in [-0.05, 0) is 43.5 Å². The average Bonchev–Trinajstić information content (AvgIpc) is 3.42. The lowest BCUT2D eigenvalue weighted by Gasteiger charge is -2.16. The van der Waals surface area contributed by atoms with Crippen LogP contribution in [0.15, 0.2) is 54.6 Å². The van der Waals surface area contributed by atoms with Crippen molar-refractivity contribution in [2.75, 3.05) is 20.2 Å². The van der Waals surface area contributed by atoms with Gasteiger partial charge in [0.1, 0.15) is 5.75 Å². The van der Waals surface area contributed by atoms with Crippen molar-refractivity contribution in [1.82, 2.24) is 15.1 Å². The number of nitrogens with one attached hydrogen (secondary N) is 1. The molecule has 1 aliphatic heterocycles. The topological polar surface area (TPSA) is 58.2 Å². The molecule has 0 spiro atoms. The van der Waals surface area contributed by atoms with E-state index in [1.54, 1.807) is 7.11 Å². The van der Waals surface area contributed by atoms with E-state index < -0.39 is 0 Å². The van der Waals surface area contributed by atoms with Gasteiger partial charge in [0.05, 0.1) is 12.8 Å². The summed E-state index contributed by atoms with van der Waals surface area (Å²) >= 11 is 0. The molecule has 0 bridgehead atoms. The van der Waals surface area contributed by atoms with Crippen LogP contribution in [0.25, 0.3) is 11.3 Å². The number of methoxy groups -OCH3 is 1. The highest BCUT2D eigenvalue weighted by Gasteiger charge is 2.28. The smallest absolute Gasteiger partial charge is 0.222 e. The Hall–Kier alpha value is -3.08. The number of likely N-dealkylation sites (tertiary alicyclic amines) is 1. The van der Waals surface area contributed by atoms with Gasteiger partial charge in [-0.15, -0.1) is 0 Å². The van der Waals surface area contributed by atoms with Gasteiger partial charge in [-0.1, -0.05) is 42.0 Å². The number of benzene rings is 2. The molecule has 4 rings (SSSR count). The van der Waals surface area contributed by atoms with Crippen molar-refractivity contribution in [2.45, 2.75) is 32.1 Å². The van der Waals surface area contributed by atoms with Crippen LogP contribution < -0.4 is 4.74 Å². The Bertz CT molecular complexity index is 978. The molecule has 1 aliphatic rings. The highest BCUT2D eigenvalue weighted by Crippen LogP contribution is 2.29. The predicted molar refractivity (Wildman–Crippen MR) is 114 cm³/mol. The molecule has 1 aromatic heterocycles. The quantitative estimate of drug-likeness (QED) is 0.682. The molecule has 0 saturated carbocycles. The average molecular weight is 389 g/mol. The Labute approximate surface area is 171 Å². The summed E-state index contributed by atoms with van der Waals surface area (Å²) in [5.41, 5.74) is 5.56. The van der Waals surface area contributed by atoms with Crippen molar-refractivity contribution in [3.05, 3.63) is 71.4 Å². The summed E-state index contributed by atoms with van der Waals surface area (Å²) in [4.78, 5) is 14.7. The van der Waals surface area contributed by atoms with Crippen LogP contribution in [-0.2, 0) is 11.2 Å². The van der Waals surface area contributed by atoms with Gasteiger partial charge in [0.2, 0.25) is 5.91 Å². The summed E-state index contributed by atoms with van der Waals surface area (Å²) in [5.74, 6) is 1.37. The number of nitrogens with zero attached hydrogens (tertiary/aromatic N) is 2. The van der Waals surface area contributed by atoms with Gasteiger partial charge in [-0.25, -0.2) is 0 Å². The van der Waals surface area contributed by atoms with E-state index >= 15 is 0 Å². The first-order chi connectivity index (χ1) is 14.1. The molecule has 29 heavy (non-hydrogen) atoms. The Balaban J connectivity index is 1.34. The minimum absolute atomic E-state index is 0.216. The second-order valence-electron chi connectivity index (χ2n) is 7.75. The first-order valence-electron chi connectivity index (χ1n) is 10.2. The fourth-order valence-corrected chi connectivity index (χ4v) is 3.90. The summed E-state index contributed by atoms with van der Waals surface area (Å²) in [5, 5.41) is 7.67. The molecular weight excluding hydrogens is 362 g/mol. The summed E-state index contributed by atoms with van der Waals surface area (Å²) in [6, 6.07) is 18.4. The van der Waals surface area contributed by atoms with E-state index in [-0.39, 0.29) is 5.91 Å². The Morgan fingerprint density at radius 3 is 2.83 bits per heavy atom. The molecule has 0 radical (unpaired) electrons. The van der Waals surface area contributed by atoms with E-state index in [1.165, 1.54) is 5.56 Å². The fraction of sp³-hybridized carbons (Fsp3) is 0.333. The zero-order valence-electron chi connectivity index (χ0n) is 17.0. The summed E-state index contributed by atoms with van der Waals surface area (Å²) < 4.78 is 5.26. The maximum Gasteiger partial charge on any atom is 0.222 e. The van der Waals surface area contributed by atoms with Crippen LogP contribution in [0.3, 0.4) is 0 Å². The standard InChI is InChI=1S/C24H27N3O2/c1-17-6-9-19(10-7-17)22-15-23(26-25-22)20-12-13-27(16-20)24(28)11-8-18-4-3-5-21(14-18)29-2/h3-7,9-10,14-15,20H,8,11-13,16H2,1-2H3,(H,25,26)/t20-/m0/s1. The van der Waals surface area contributed by atoms with Crippen LogP contribution in [0.5, 0.6) is 5.75 Å². The molecule has 1 fully saturated rings. The van der Waals surface area contributed by atoms with E-state index in [0.29, 0.717) is 12.3 Å². The monoisotopic (exact) mass is 389 g/mol. The van der Waals surface area contributed by atoms with Gasteiger partial charge in [-0.2, -0.15) is 5.10 Å². The number of carbonyl (C=O) groups is 1. The minimum atomic E-state index is 0.216. The SMILES string of the molecule is COc1cccc(CCC(=O)N2CC[C@H](c3cc(-c4ccc(C)cc4)n[nH]3)C2)c1. The molecule has 0 unspecified atom stereocenters. The molecule has 5 nitrogen and oxygen atoms in total. The van der Waals surface area contributed by atoms with E-state index in [1.807, 2.05) is 29.2 Å². The molecule has 1 N–H and O–H groups in total. The number of carbonyl (C=O) groups excluding carboxylic acids is 1. The van der Waals surface area contributed by atoms with Gasteiger partial charge in [0.15, 0.2) is 0 Å². The number of rotatable bonds is 6. The number of hydrogen-bond donors (Lipinski definition) is 1. The molecule has 1 saturated heterocycles. The van der Waals surface area contributed by atoms with Crippen molar-refractivity contribution in [2.24, 2.45) is 0 Å². The van der Waals surface area contributed by atoms with Crippen LogP contribution in [0, 0.1) is 6.92 Å². The Kier molecular flexibility index (Phi) is 5.65. The van der Waals surface area contributed by atoms with Crippen LogP contribution in [0.4, 0.5) is 0 Å². The summed E-state index contributed by atoms with van der Waals surface area (Å²) in [6.07, 6.45) is 2.23. The fourth-order valence-electron chi connectivity index (χ4n) is 3.90. The van der Waals surface area contributed by atoms with E-state index in [4.69, 9.17) is 4.74 Å². The van der Waals surface area contributed by atoms with Gasteiger partial charge >= 0.3 is 0 Å². The molecular formula is C24H27N3O2. The van der Waals surface area contributed by atoms with Crippen molar-refractivity contribution < 1.29 is 9.53 Å². The molecule has 5 heteroatoms. The minimum Gasteiger partial charge on any atom is -0.497 e. The first kappa shape index (κ1) is 19.2. The number of H-pyrrole nitrogens is 1. The van der Waals surface area contributed by atoms with Crippen molar-refractivity contribution in [3.8, 4) is 17.0 Å². The van der Waals surface area contributed by atoms with Gasteiger partial charge in [-0.3, -0.25) is 9.89 Å². The van der Waals surface area contributed by atoms with E-state index in [0.717, 1.165) is 54.2 Å². The lowest BCUT2D eigenvalue weighted by Crippen LogP contribution is -2.28. The highest BCUT2D eigenvalue weighted by atomic mass is 16.5. The predicted octanol–water partition coefficient (Wildman–Crippen LogP) is 4.34. The zero-order chi connectivity index (χ0) is 20.2. The van der Waals surface area contributed by atoms with Crippen molar-refractivity contribution in [1.29, 1.82) is 0 Å². The molecule has 2 heterocycles. The first-order valence-corrected chi connectivity index (χ1v) is 10.2. The lowest BCUT2D eigenvalue weighted by atomic mass is 10.0.